The molecule has 0 radical (unpaired) electrons. The summed E-state index contributed by atoms with van der Waals surface area (Å²) in [7, 11) is 0. The Morgan fingerprint density at radius 3 is 2.65 bits per heavy atom. The number of H-pyrrole nitrogens is 1. The van der Waals surface area contributed by atoms with Crippen molar-refractivity contribution in [2.75, 3.05) is 0 Å². The molecule has 5 rings (SSSR count). The summed E-state index contributed by atoms with van der Waals surface area (Å²) in [5.74, 6) is 0.723. The van der Waals surface area contributed by atoms with Gasteiger partial charge in [0.2, 0.25) is 11.6 Å². The Bertz CT molecular complexity index is 1180. The van der Waals surface area contributed by atoms with Crippen LogP contribution in [0.4, 0.5) is 0 Å². The molecule has 0 aliphatic heterocycles. The van der Waals surface area contributed by atoms with E-state index in [1.807, 2.05) is 53.2 Å². The second kappa shape index (κ2) is 5.81. The van der Waals surface area contributed by atoms with Crippen LogP contribution in [0.3, 0.4) is 0 Å². The molecule has 0 aliphatic rings. The molecule has 0 amide bonds. The van der Waals surface area contributed by atoms with Gasteiger partial charge in [0, 0.05) is 18.6 Å². The summed E-state index contributed by atoms with van der Waals surface area (Å²) in [6, 6.07) is 13.4. The Balaban J connectivity index is 1.78. The fourth-order valence-corrected chi connectivity index (χ4v) is 2.80. The van der Waals surface area contributed by atoms with E-state index in [1.54, 1.807) is 12.4 Å². The molecule has 0 saturated carbocycles. The van der Waals surface area contributed by atoms with Crippen molar-refractivity contribution in [3.8, 4) is 34.3 Å². The number of tetrazole rings is 1. The van der Waals surface area contributed by atoms with Crippen molar-refractivity contribution in [3.63, 3.8) is 0 Å². The van der Waals surface area contributed by atoms with Gasteiger partial charge >= 0.3 is 0 Å². The van der Waals surface area contributed by atoms with E-state index in [2.05, 4.69) is 35.6 Å². The summed E-state index contributed by atoms with van der Waals surface area (Å²) in [4.78, 5) is 13.3. The van der Waals surface area contributed by atoms with E-state index >= 15 is 0 Å². The maximum absolute atomic E-state index is 4.70. The topological polar surface area (TPSA) is 110 Å². The molecule has 0 aromatic carbocycles. The van der Waals surface area contributed by atoms with Crippen molar-refractivity contribution >= 4 is 5.52 Å². The molecule has 0 unspecified atom stereocenters. The van der Waals surface area contributed by atoms with Crippen LogP contribution in [0.5, 0.6) is 0 Å². The number of hydrogen-bond donors (Lipinski definition) is 1. The molecule has 9 heteroatoms. The van der Waals surface area contributed by atoms with Crippen LogP contribution < -0.4 is 0 Å². The van der Waals surface area contributed by atoms with Crippen LogP contribution in [0, 0.1) is 0 Å². The molecule has 0 aliphatic carbocycles. The minimum Gasteiger partial charge on any atom is -0.255 e. The van der Waals surface area contributed by atoms with Crippen molar-refractivity contribution in [2.45, 2.75) is 0 Å². The standard InChI is InChI=1S/C17H11N9/c1-3-8-18-12(5-1)15-14(13-6-2-4-10-26(13)23-15)11-7-9-19-16(20-11)17-21-24-25-22-17/h1-10H,(H,21,22,24,25). The molecule has 124 valence electrons. The van der Waals surface area contributed by atoms with E-state index < -0.39 is 0 Å². The van der Waals surface area contributed by atoms with Crippen LogP contribution >= 0.6 is 0 Å². The third-order valence-corrected chi connectivity index (χ3v) is 3.90. The summed E-state index contributed by atoms with van der Waals surface area (Å²) >= 11 is 0. The van der Waals surface area contributed by atoms with E-state index in [4.69, 9.17) is 5.10 Å². The third-order valence-electron chi connectivity index (χ3n) is 3.90. The van der Waals surface area contributed by atoms with Crippen LogP contribution in [0.15, 0.2) is 61.1 Å². The average molecular weight is 341 g/mol. The molecule has 5 aromatic rings. The van der Waals surface area contributed by atoms with E-state index in [9.17, 15) is 0 Å². The van der Waals surface area contributed by atoms with Crippen molar-refractivity contribution < 1.29 is 0 Å². The molecule has 0 saturated heterocycles. The predicted molar refractivity (Wildman–Crippen MR) is 92.6 cm³/mol. The highest BCUT2D eigenvalue weighted by molar-refractivity contribution is 5.90. The Morgan fingerprint density at radius 2 is 1.81 bits per heavy atom. The molecule has 9 nitrogen and oxygen atoms in total. The number of nitrogens with one attached hydrogen (secondary N) is 1. The highest BCUT2D eigenvalue weighted by Gasteiger charge is 2.19. The lowest BCUT2D eigenvalue weighted by molar-refractivity contribution is 0.881. The molecule has 26 heavy (non-hydrogen) atoms. The Morgan fingerprint density at radius 1 is 0.846 bits per heavy atom. The molecule has 0 fully saturated rings. The first-order valence-corrected chi connectivity index (χ1v) is 7.86. The van der Waals surface area contributed by atoms with Gasteiger partial charge in [0.15, 0.2) is 0 Å². The largest absolute Gasteiger partial charge is 0.255 e. The summed E-state index contributed by atoms with van der Waals surface area (Å²) < 4.78 is 1.81. The van der Waals surface area contributed by atoms with Gasteiger partial charge in [-0.25, -0.2) is 14.5 Å². The van der Waals surface area contributed by atoms with Crippen LogP contribution in [0.25, 0.3) is 39.8 Å². The average Bonchev–Trinajstić information content (AvgIpc) is 3.37. The number of aromatic amines is 1. The summed E-state index contributed by atoms with van der Waals surface area (Å²) in [6.07, 6.45) is 5.31. The molecule has 0 spiro atoms. The van der Waals surface area contributed by atoms with Crippen molar-refractivity contribution in [1.82, 2.24) is 45.2 Å². The Hall–Kier alpha value is -4.01. The number of pyridine rings is 2. The van der Waals surface area contributed by atoms with E-state index in [-0.39, 0.29) is 0 Å². The molecule has 0 bridgehead atoms. The van der Waals surface area contributed by atoms with Gasteiger partial charge in [-0.15, -0.1) is 10.2 Å². The zero-order valence-electron chi connectivity index (χ0n) is 13.4. The highest BCUT2D eigenvalue weighted by Crippen LogP contribution is 2.33. The van der Waals surface area contributed by atoms with Gasteiger partial charge in [0.05, 0.1) is 22.5 Å². The van der Waals surface area contributed by atoms with Crippen LogP contribution in [0.1, 0.15) is 0 Å². The van der Waals surface area contributed by atoms with Gasteiger partial charge in [-0.05, 0) is 35.5 Å². The quantitative estimate of drug-likeness (QED) is 0.534. The van der Waals surface area contributed by atoms with Gasteiger partial charge in [0.1, 0.15) is 5.69 Å². The van der Waals surface area contributed by atoms with Gasteiger partial charge in [-0.2, -0.15) is 10.3 Å². The first kappa shape index (κ1) is 14.3. The lowest BCUT2D eigenvalue weighted by Gasteiger charge is -2.03. The number of rotatable bonds is 3. The molecule has 5 heterocycles. The van der Waals surface area contributed by atoms with Crippen molar-refractivity contribution in [1.29, 1.82) is 0 Å². The van der Waals surface area contributed by atoms with E-state index in [1.165, 1.54) is 0 Å². The Kier molecular flexibility index (Phi) is 3.21. The number of fused-ring (bicyclic) bond motifs is 1. The van der Waals surface area contributed by atoms with Gasteiger partial charge in [-0.3, -0.25) is 4.98 Å². The lowest BCUT2D eigenvalue weighted by atomic mass is 10.1. The third kappa shape index (κ3) is 2.30. The second-order valence-electron chi connectivity index (χ2n) is 5.47. The summed E-state index contributed by atoms with van der Waals surface area (Å²) in [6.45, 7) is 0. The first-order valence-electron chi connectivity index (χ1n) is 7.86. The molecule has 1 N–H and O–H groups in total. The van der Waals surface area contributed by atoms with Crippen LogP contribution in [0.2, 0.25) is 0 Å². The highest BCUT2D eigenvalue weighted by atomic mass is 15.5. The number of nitrogens with zero attached hydrogens (tertiary/aromatic N) is 8. The van der Waals surface area contributed by atoms with Crippen molar-refractivity contribution in [2.24, 2.45) is 0 Å². The molecule has 0 atom stereocenters. The molecular weight excluding hydrogens is 330 g/mol. The number of aromatic nitrogens is 9. The Labute approximate surface area is 146 Å². The second-order valence-corrected chi connectivity index (χ2v) is 5.47. The van der Waals surface area contributed by atoms with E-state index in [0.29, 0.717) is 17.3 Å². The van der Waals surface area contributed by atoms with Gasteiger partial charge in [0.25, 0.3) is 0 Å². The zero-order valence-corrected chi connectivity index (χ0v) is 13.4. The summed E-state index contributed by atoms with van der Waals surface area (Å²) in [5, 5.41) is 18.6. The van der Waals surface area contributed by atoms with Crippen molar-refractivity contribution in [3.05, 3.63) is 61.1 Å². The minimum atomic E-state index is 0.336. The van der Waals surface area contributed by atoms with Crippen LogP contribution in [-0.2, 0) is 0 Å². The fraction of sp³-hybridized carbons (Fsp3) is 0. The molecule has 5 aromatic heterocycles. The maximum atomic E-state index is 4.70. The first-order chi connectivity index (χ1) is 12.9. The zero-order chi connectivity index (χ0) is 17.3. The van der Waals surface area contributed by atoms with Crippen LogP contribution in [-0.4, -0.2) is 45.2 Å². The lowest BCUT2D eigenvalue weighted by Crippen LogP contribution is -1.94. The predicted octanol–water partition coefficient (Wildman–Crippen LogP) is 2.03. The van der Waals surface area contributed by atoms with Gasteiger partial charge < -0.3 is 0 Å². The summed E-state index contributed by atoms with van der Waals surface area (Å²) in [5.41, 5.74) is 4.02. The monoisotopic (exact) mass is 341 g/mol. The van der Waals surface area contributed by atoms with Gasteiger partial charge in [-0.1, -0.05) is 12.1 Å². The smallest absolute Gasteiger partial charge is 0.241 e. The SMILES string of the molecule is c1ccc(-c2nn3ccccc3c2-c2ccnc(-c3nn[nH]n3)n2)nc1. The fourth-order valence-electron chi connectivity index (χ4n) is 2.80. The normalized spacial score (nSPS) is 11.1. The number of hydrogen-bond acceptors (Lipinski definition) is 7. The van der Waals surface area contributed by atoms with E-state index in [0.717, 1.165) is 22.5 Å². The molecular formula is C17H11N9. The minimum absolute atomic E-state index is 0.336. The maximum Gasteiger partial charge on any atom is 0.241 e.